The number of nitrogens with one attached hydrogen (secondary N) is 1. The lowest BCUT2D eigenvalue weighted by Crippen LogP contribution is -2.51. The van der Waals surface area contributed by atoms with Gasteiger partial charge in [-0.25, -0.2) is 18.7 Å². The second-order valence-corrected chi connectivity index (χ2v) is 10.1. The third kappa shape index (κ3) is 4.75. The number of anilines is 1. The molecule has 2 aliphatic carbocycles. The molecule has 2 aromatic rings. The first kappa shape index (κ1) is 23.4. The largest absolute Gasteiger partial charge is 0.353 e. The van der Waals surface area contributed by atoms with Crippen LogP contribution in [0.15, 0.2) is 24.5 Å². The van der Waals surface area contributed by atoms with E-state index in [1.54, 1.807) is 6.07 Å². The summed E-state index contributed by atoms with van der Waals surface area (Å²) in [6.07, 6.45) is 3.27. The zero-order valence-corrected chi connectivity index (χ0v) is 20.1. The quantitative estimate of drug-likeness (QED) is 0.631. The van der Waals surface area contributed by atoms with Crippen molar-refractivity contribution in [3.05, 3.63) is 52.2 Å². The van der Waals surface area contributed by atoms with Gasteiger partial charge in [0.15, 0.2) is 0 Å². The van der Waals surface area contributed by atoms with Crippen LogP contribution in [0.25, 0.3) is 0 Å². The Morgan fingerprint density at radius 3 is 2.71 bits per heavy atom. The maximum Gasteiger partial charge on any atom is 0.231 e. The Balaban J connectivity index is 1.28. The minimum atomic E-state index is -1.04. The maximum absolute atomic E-state index is 14.3. The molecule has 1 saturated carbocycles. The van der Waals surface area contributed by atoms with Crippen molar-refractivity contribution in [1.82, 2.24) is 20.2 Å². The summed E-state index contributed by atoms with van der Waals surface area (Å²) in [6, 6.07) is 4.63. The Bertz CT molecular complexity index is 1060. The molecule has 1 aromatic carbocycles. The summed E-state index contributed by atoms with van der Waals surface area (Å²) in [5.41, 5.74) is 2.03. The van der Waals surface area contributed by atoms with E-state index < -0.39 is 17.9 Å². The number of carbonyl (C=O) groups excluding carboxylic acids is 1. The maximum atomic E-state index is 14.3. The molecule has 1 N–H and O–H groups in total. The van der Waals surface area contributed by atoms with Crippen molar-refractivity contribution in [2.45, 2.75) is 44.2 Å². The predicted octanol–water partition coefficient (Wildman–Crippen LogP) is 4.22. The Kier molecular flexibility index (Phi) is 6.71. The third-order valence-electron chi connectivity index (χ3n) is 7.26. The summed E-state index contributed by atoms with van der Waals surface area (Å²) in [5.74, 6) is 0.529. The Hall–Kier alpha value is -2.32. The van der Waals surface area contributed by atoms with Crippen LogP contribution in [0.1, 0.15) is 61.0 Å². The Morgan fingerprint density at radius 2 is 2.00 bits per heavy atom. The smallest absolute Gasteiger partial charge is 0.231 e. The van der Waals surface area contributed by atoms with E-state index in [-0.39, 0.29) is 16.8 Å². The normalized spacial score (nSPS) is 23.2. The van der Waals surface area contributed by atoms with Crippen molar-refractivity contribution < 1.29 is 13.6 Å². The number of piperazine rings is 1. The summed E-state index contributed by atoms with van der Waals surface area (Å²) in [7, 11) is 0. The number of nitrogens with zero attached hydrogens (tertiary/aromatic N) is 4. The van der Waals surface area contributed by atoms with E-state index >= 15 is 0 Å². The zero-order chi connectivity index (χ0) is 23.8. The van der Waals surface area contributed by atoms with Crippen LogP contribution >= 0.6 is 11.6 Å². The highest BCUT2D eigenvalue weighted by Crippen LogP contribution is 2.44. The molecule has 1 aromatic heterocycles. The number of amides is 1. The number of alkyl halides is 1. The van der Waals surface area contributed by atoms with E-state index in [1.165, 1.54) is 31.3 Å². The van der Waals surface area contributed by atoms with Gasteiger partial charge in [-0.15, -0.1) is 0 Å². The lowest BCUT2D eigenvalue weighted by atomic mass is 9.96. The first-order valence-corrected chi connectivity index (χ1v) is 12.5. The third-order valence-corrected chi connectivity index (χ3v) is 7.56. The van der Waals surface area contributed by atoms with Gasteiger partial charge in [0.05, 0.1) is 16.6 Å². The fourth-order valence-corrected chi connectivity index (χ4v) is 5.22. The highest BCUT2D eigenvalue weighted by molar-refractivity contribution is 6.30. The summed E-state index contributed by atoms with van der Waals surface area (Å²) < 4.78 is 28.5. The van der Waals surface area contributed by atoms with E-state index in [1.807, 2.05) is 11.8 Å². The van der Waals surface area contributed by atoms with Crippen molar-refractivity contribution >= 4 is 23.3 Å². The standard InChI is InChI=1S/C25H30ClF2N5O/c1-15-10-21(28)23-22(15)24(31-14-30-23)32-6-8-33(9-7-32)25(34)18(13-29-12-16-2-3-16)17-4-5-19(26)20(27)11-17/h4-5,11,14-16,18,21,29H,2-3,6-10,12-13H2,1H3/t15-,18-,21-/m1/s1. The second kappa shape index (κ2) is 9.74. The molecule has 182 valence electrons. The fraction of sp³-hybridized carbons (Fsp3) is 0.560. The topological polar surface area (TPSA) is 61.4 Å². The van der Waals surface area contributed by atoms with Crippen molar-refractivity contribution in [3.8, 4) is 0 Å². The molecule has 3 atom stereocenters. The summed E-state index contributed by atoms with van der Waals surface area (Å²) >= 11 is 5.88. The molecule has 1 amide bonds. The van der Waals surface area contributed by atoms with Crippen molar-refractivity contribution in [2.24, 2.45) is 5.92 Å². The fourth-order valence-electron chi connectivity index (χ4n) is 5.10. The summed E-state index contributed by atoms with van der Waals surface area (Å²) in [5, 5.41) is 3.46. The molecule has 1 saturated heterocycles. The van der Waals surface area contributed by atoms with Crippen LogP contribution in [-0.4, -0.2) is 60.0 Å². The number of carbonyl (C=O) groups is 1. The van der Waals surface area contributed by atoms with Crippen LogP contribution in [0.3, 0.4) is 0 Å². The van der Waals surface area contributed by atoms with Gasteiger partial charge in [0.25, 0.3) is 0 Å². The number of halogens is 3. The zero-order valence-electron chi connectivity index (χ0n) is 19.3. The molecule has 1 aliphatic heterocycles. The molecular formula is C25H30ClF2N5O. The van der Waals surface area contributed by atoms with Gasteiger partial charge in [0.1, 0.15) is 24.1 Å². The lowest BCUT2D eigenvalue weighted by Gasteiger charge is -2.38. The number of benzene rings is 1. The van der Waals surface area contributed by atoms with Crippen LogP contribution in [0.4, 0.5) is 14.6 Å². The molecule has 6 nitrogen and oxygen atoms in total. The van der Waals surface area contributed by atoms with E-state index in [4.69, 9.17) is 11.6 Å². The minimum Gasteiger partial charge on any atom is -0.353 e. The number of rotatable bonds is 7. The predicted molar refractivity (Wildman–Crippen MR) is 127 cm³/mol. The molecule has 2 fully saturated rings. The lowest BCUT2D eigenvalue weighted by molar-refractivity contribution is -0.133. The van der Waals surface area contributed by atoms with Crippen LogP contribution < -0.4 is 10.2 Å². The number of aromatic nitrogens is 2. The molecule has 0 bridgehead atoms. The highest BCUT2D eigenvalue weighted by Gasteiger charge is 2.36. The molecule has 0 spiro atoms. The van der Waals surface area contributed by atoms with Gasteiger partial charge in [0.2, 0.25) is 5.91 Å². The average Bonchev–Trinajstić information content (AvgIpc) is 3.62. The van der Waals surface area contributed by atoms with Crippen molar-refractivity contribution in [3.63, 3.8) is 0 Å². The molecule has 0 unspecified atom stereocenters. The van der Waals surface area contributed by atoms with E-state index in [2.05, 4.69) is 20.2 Å². The highest BCUT2D eigenvalue weighted by atomic mass is 35.5. The Morgan fingerprint density at radius 1 is 1.24 bits per heavy atom. The van der Waals surface area contributed by atoms with Gasteiger partial charge in [-0.1, -0.05) is 24.6 Å². The van der Waals surface area contributed by atoms with Gasteiger partial charge in [0, 0.05) is 38.3 Å². The van der Waals surface area contributed by atoms with Gasteiger partial charge in [-0.3, -0.25) is 4.79 Å². The van der Waals surface area contributed by atoms with Crippen LogP contribution in [0, 0.1) is 11.7 Å². The van der Waals surface area contributed by atoms with Gasteiger partial charge in [-0.05, 0) is 55.3 Å². The summed E-state index contributed by atoms with van der Waals surface area (Å²) in [4.78, 5) is 26.2. The van der Waals surface area contributed by atoms with E-state index in [0.717, 1.165) is 17.9 Å². The molecule has 34 heavy (non-hydrogen) atoms. The molecule has 3 aliphatic rings. The molecule has 0 radical (unpaired) electrons. The number of hydrogen-bond donors (Lipinski definition) is 1. The van der Waals surface area contributed by atoms with Crippen LogP contribution in [-0.2, 0) is 4.79 Å². The van der Waals surface area contributed by atoms with Crippen LogP contribution in [0.5, 0.6) is 0 Å². The first-order chi connectivity index (χ1) is 16.4. The summed E-state index contributed by atoms with van der Waals surface area (Å²) in [6.45, 7) is 5.62. The average molecular weight is 490 g/mol. The van der Waals surface area contributed by atoms with Gasteiger partial charge in [-0.2, -0.15) is 0 Å². The van der Waals surface area contributed by atoms with Crippen molar-refractivity contribution in [2.75, 3.05) is 44.2 Å². The monoisotopic (exact) mass is 489 g/mol. The number of fused-ring (bicyclic) bond motifs is 1. The van der Waals surface area contributed by atoms with E-state index in [9.17, 15) is 13.6 Å². The number of hydrogen-bond acceptors (Lipinski definition) is 5. The second-order valence-electron chi connectivity index (χ2n) is 9.74. The SMILES string of the molecule is C[C@@H]1C[C@@H](F)c2ncnc(N3CCN(C(=O)[C@H](CNCC4CC4)c4ccc(Cl)c(F)c4)CC3)c21. The van der Waals surface area contributed by atoms with Crippen molar-refractivity contribution in [1.29, 1.82) is 0 Å². The van der Waals surface area contributed by atoms with Gasteiger partial charge >= 0.3 is 0 Å². The molecule has 9 heteroatoms. The minimum absolute atomic E-state index is 0.0187. The van der Waals surface area contributed by atoms with E-state index in [0.29, 0.717) is 56.3 Å². The van der Waals surface area contributed by atoms with Gasteiger partial charge < -0.3 is 15.1 Å². The molecule has 5 rings (SSSR count). The molecule has 2 heterocycles. The van der Waals surface area contributed by atoms with Crippen LogP contribution in [0.2, 0.25) is 5.02 Å². The molecular weight excluding hydrogens is 460 g/mol. The Labute approximate surface area is 203 Å². The first-order valence-electron chi connectivity index (χ1n) is 12.1.